The number of hydrogen-bond acceptors (Lipinski definition) is 7. The Morgan fingerprint density at radius 1 is 0.933 bits per heavy atom. The number of anilines is 1. The zero-order valence-corrected chi connectivity index (χ0v) is 17.0. The number of carbonyl (C=O) groups is 4. The molecule has 2 aromatic rings. The van der Waals surface area contributed by atoms with Crippen molar-refractivity contribution in [1.82, 2.24) is 0 Å². The van der Waals surface area contributed by atoms with Crippen molar-refractivity contribution in [2.24, 2.45) is 0 Å². The number of rotatable bonds is 9. The van der Waals surface area contributed by atoms with E-state index in [0.717, 1.165) is 5.56 Å². The number of ether oxygens (including phenoxy) is 3. The van der Waals surface area contributed by atoms with E-state index >= 15 is 0 Å². The molecule has 1 amide bonds. The molecule has 0 atom stereocenters. The maximum absolute atomic E-state index is 12.0. The van der Waals surface area contributed by atoms with E-state index in [2.05, 4.69) is 10.1 Å². The quantitative estimate of drug-likeness (QED) is 0.497. The molecule has 0 bridgehead atoms. The summed E-state index contributed by atoms with van der Waals surface area (Å²) in [5.74, 6) is -1.39. The summed E-state index contributed by atoms with van der Waals surface area (Å²) in [6, 6.07) is 11.1. The van der Waals surface area contributed by atoms with Crippen LogP contribution in [0.3, 0.4) is 0 Å². The fourth-order valence-electron chi connectivity index (χ4n) is 2.46. The first-order valence-electron chi connectivity index (χ1n) is 9.24. The van der Waals surface area contributed by atoms with Crippen LogP contribution in [-0.2, 0) is 19.1 Å². The maximum atomic E-state index is 12.0. The first kappa shape index (κ1) is 22.6. The highest BCUT2D eigenvalue weighted by Crippen LogP contribution is 2.17. The lowest BCUT2D eigenvalue weighted by molar-refractivity contribution is -0.149. The van der Waals surface area contributed by atoms with Crippen molar-refractivity contribution >= 4 is 29.3 Å². The molecule has 0 fully saturated rings. The lowest BCUT2D eigenvalue weighted by atomic mass is 10.1. The number of aryl methyl sites for hydroxylation is 1. The van der Waals surface area contributed by atoms with E-state index in [1.165, 1.54) is 13.2 Å². The van der Waals surface area contributed by atoms with Gasteiger partial charge in [0, 0.05) is 17.7 Å². The Labute approximate surface area is 174 Å². The number of benzene rings is 2. The van der Waals surface area contributed by atoms with Crippen LogP contribution in [-0.4, -0.2) is 44.0 Å². The van der Waals surface area contributed by atoms with Gasteiger partial charge in [0.15, 0.2) is 19.0 Å². The van der Waals surface area contributed by atoms with E-state index in [-0.39, 0.29) is 18.0 Å². The molecule has 1 N–H and O–H groups in total. The molecule has 0 saturated carbocycles. The zero-order chi connectivity index (χ0) is 22.1. The molecule has 30 heavy (non-hydrogen) atoms. The van der Waals surface area contributed by atoms with Crippen LogP contribution in [0, 0.1) is 6.92 Å². The third-order valence-electron chi connectivity index (χ3n) is 4.15. The first-order valence-corrected chi connectivity index (χ1v) is 9.24. The van der Waals surface area contributed by atoms with Crippen LogP contribution in [0.25, 0.3) is 0 Å². The Hall–Kier alpha value is -3.68. The van der Waals surface area contributed by atoms with Crippen LogP contribution in [0.5, 0.6) is 5.75 Å². The number of nitrogens with one attached hydrogen (secondary N) is 1. The SMILES string of the molecule is CCC(=O)c1ccc(OCC(=O)OCC(=O)Nc2cc(C(=O)OC)ccc2C)cc1. The molecule has 0 spiro atoms. The first-order chi connectivity index (χ1) is 14.3. The minimum atomic E-state index is -0.723. The molecule has 0 unspecified atom stereocenters. The van der Waals surface area contributed by atoms with E-state index < -0.39 is 24.5 Å². The molecule has 0 aromatic heterocycles. The van der Waals surface area contributed by atoms with Gasteiger partial charge in [-0.15, -0.1) is 0 Å². The molecule has 2 aromatic carbocycles. The highest BCUT2D eigenvalue weighted by molar-refractivity contribution is 5.97. The van der Waals surface area contributed by atoms with E-state index in [0.29, 0.717) is 23.4 Å². The smallest absolute Gasteiger partial charge is 0.344 e. The molecule has 8 nitrogen and oxygen atoms in total. The minimum absolute atomic E-state index is 0.0133. The summed E-state index contributed by atoms with van der Waals surface area (Å²) in [5.41, 5.74) is 2.00. The number of amides is 1. The fourth-order valence-corrected chi connectivity index (χ4v) is 2.46. The second kappa shape index (κ2) is 10.8. The van der Waals surface area contributed by atoms with Crippen molar-refractivity contribution in [2.45, 2.75) is 20.3 Å². The second-order valence-corrected chi connectivity index (χ2v) is 6.32. The zero-order valence-electron chi connectivity index (χ0n) is 17.0. The monoisotopic (exact) mass is 413 g/mol. The largest absolute Gasteiger partial charge is 0.482 e. The number of carbonyl (C=O) groups excluding carboxylic acids is 4. The molecule has 158 valence electrons. The molecule has 0 aliphatic carbocycles. The number of Topliss-reactive ketones (excluding diaryl/α,β-unsaturated/α-hetero) is 1. The highest BCUT2D eigenvalue weighted by atomic mass is 16.6. The normalized spacial score (nSPS) is 10.1. The van der Waals surface area contributed by atoms with Gasteiger partial charge in [0.25, 0.3) is 5.91 Å². The molecule has 0 aliphatic rings. The topological polar surface area (TPSA) is 108 Å². The van der Waals surface area contributed by atoms with Crippen molar-refractivity contribution in [2.75, 3.05) is 25.6 Å². The maximum Gasteiger partial charge on any atom is 0.344 e. The average molecular weight is 413 g/mol. The molecular weight excluding hydrogens is 390 g/mol. The summed E-state index contributed by atoms with van der Waals surface area (Å²) in [6.07, 6.45) is 0.404. The third-order valence-corrected chi connectivity index (χ3v) is 4.15. The van der Waals surface area contributed by atoms with Crippen LogP contribution in [0.4, 0.5) is 5.69 Å². The van der Waals surface area contributed by atoms with E-state index in [9.17, 15) is 19.2 Å². The van der Waals surface area contributed by atoms with Gasteiger partial charge in [-0.1, -0.05) is 13.0 Å². The van der Waals surface area contributed by atoms with Crippen LogP contribution >= 0.6 is 0 Å². The Morgan fingerprint density at radius 3 is 2.23 bits per heavy atom. The number of methoxy groups -OCH3 is 1. The lowest BCUT2D eigenvalue weighted by Crippen LogP contribution is -2.24. The van der Waals surface area contributed by atoms with Gasteiger partial charge in [-0.3, -0.25) is 9.59 Å². The van der Waals surface area contributed by atoms with Crippen molar-refractivity contribution < 1.29 is 33.4 Å². The highest BCUT2D eigenvalue weighted by Gasteiger charge is 2.13. The van der Waals surface area contributed by atoms with Gasteiger partial charge in [0.2, 0.25) is 0 Å². The van der Waals surface area contributed by atoms with E-state index in [1.54, 1.807) is 50.2 Å². The molecule has 0 saturated heterocycles. The van der Waals surface area contributed by atoms with Crippen molar-refractivity contribution in [3.05, 3.63) is 59.2 Å². The predicted molar refractivity (Wildman–Crippen MR) is 109 cm³/mol. The summed E-state index contributed by atoms with van der Waals surface area (Å²) < 4.78 is 14.8. The van der Waals surface area contributed by atoms with Gasteiger partial charge >= 0.3 is 11.9 Å². The minimum Gasteiger partial charge on any atom is -0.482 e. The van der Waals surface area contributed by atoms with Gasteiger partial charge < -0.3 is 19.5 Å². The Bertz CT molecular complexity index is 935. The molecule has 2 rings (SSSR count). The summed E-state index contributed by atoms with van der Waals surface area (Å²) in [7, 11) is 1.26. The van der Waals surface area contributed by atoms with Gasteiger partial charge in [-0.2, -0.15) is 0 Å². The molecular formula is C22H23NO7. The molecule has 0 aliphatic heterocycles. The predicted octanol–water partition coefficient (Wildman–Crippen LogP) is 2.94. The number of hydrogen-bond donors (Lipinski definition) is 1. The molecule has 8 heteroatoms. The van der Waals surface area contributed by atoms with E-state index in [4.69, 9.17) is 9.47 Å². The number of ketones is 1. The molecule has 0 radical (unpaired) electrons. The average Bonchev–Trinajstić information content (AvgIpc) is 2.77. The standard InChI is InChI=1S/C22H23NO7/c1-4-19(24)15-7-9-17(10-8-15)29-13-21(26)30-12-20(25)23-18-11-16(22(27)28-3)6-5-14(18)2/h5-11H,4,12-13H2,1-3H3,(H,23,25). The van der Waals surface area contributed by atoms with Crippen LogP contribution in [0.2, 0.25) is 0 Å². The van der Waals surface area contributed by atoms with Crippen molar-refractivity contribution in [3.8, 4) is 5.75 Å². The fraction of sp³-hybridized carbons (Fsp3) is 0.273. The Kier molecular flexibility index (Phi) is 8.10. The molecule has 0 heterocycles. The Morgan fingerprint density at radius 2 is 1.60 bits per heavy atom. The van der Waals surface area contributed by atoms with Crippen LogP contribution < -0.4 is 10.1 Å². The lowest BCUT2D eigenvalue weighted by Gasteiger charge is -2.11. The van der Waals surface area contributed by atoms with Crippen molar-refractivity contribution in [3.63, 3.8) is 0 Å². The summed E-state index contributed by atoms with van der Waals surface area (Å²) in [4.78, 5) is 47.0. The summed E-state index contributed by atoms with van der Waals surface area (Å²) in [6.45, 7) is 2.64. The number of esters is 2. The van der Waals surface area contributed by atoms with Gasteiger partial charge in [-0.25, -0.2) is 9.59 Å². The van der Waals surface area contributed by atoms with Gasteiger partial charge in [0.05, 0.1) is 12.7 Å². The van der Waals surface area contributed by atoms with Gasteiger partial charge in [0.1, 0.15) is 5.75 Å². The van der Waals surface area contributed by atoms with Gasteiger partial charge in [-0.05, 0) is 48.9 Å². The third kappa shape index (κ3) is 6.44. The summed E-state index contributed by atoms with van der Waals surface area (Å²) in [5, 5.41) is 2.58. The van der Waals surface area contributed by atoms with Crippen LogP contribution in [0.1, 0.15) is 39.6 Å². The second-order valence-electron chi connectivity index (χ2n) is 6.32. The van der Waals surface area contributed by atoms with E-state index in [1.807, 2.05) is 0 Å². The summed E-state index contributed by atoms with van der Waals surface area (Å²) >= 11 is 0. The Balaban J connectivity index is 1.81. The van der Waals surface area contributed by atoms with Crippen LogP contribution in [0.15, 0.2) is 42.5 Å². The van der Waals surface area contributed by atoms with Crippen molar-refractivity contribution in [1.29, 1.82) is 0 Å².